The molecule has 1 atom stereocenters. The van der Waals surface area contributed by atoms with Crippen molar-refractivity contribution in [3.05, 3.63) is 81.8 Å². The molecular formula is C21H23N3OS. The second kappa shape index (κ2) is 7.48. The maximum Gasteiger partial charge on any atom is 0.261 e. The first-order chi connectivity index (χ1) is 12.7. The van der Waals surface area contributed by atoms with Gasteiger partial charge in [0.2, 0.25) is 0 Å². The van der Waals surface area contributed by atoms with Crippen LogP contribution in [0, 0.1) is 0 Å². The molecule has 1 aromatic carbocycles. The summed E-state index contributed by atoms with van der Waals surface area (Å²) >= 11 is 1.48. The summed E-state index contributed by atoms with van der Waals surface area (Å²) in [5.41, 5.74) is 4.07. The summed E-state index contributed by atoms with van der Waals surface area (Å²) in [5, 5.41) is 5.07. The highest BCUT2D eigenvalue weighted by Crippen LogP contribution is 2.27. The number of carbonyl (C=O) groups is 1. The van der Waals surface area contributed by atoms with E-state index in [1.54, 1.807) is 0 Å². The van der Waals surface area contributed by atoms with Crippen molar-refractivity contribution in [1.29, 1.82) is 0 Å². The number of thiophene rings is 1. The molecule has 1 aliphatic rings. The van der Waals surface area contributed by atoms with Crippen LogP contribution >= 0.6 is 11.3 Å². The van der Waals surface area contributed by atoms with Crippen LogP contribution in [0.15, 0.2) is 60.1 Å². The molecule has 0 spiro atoms. The van der Waals surface area contributed by atoms with Crippen molar-refractivity contribution in [3.63, 3.8) is 0 Å². The first-order valence-electron chi connectivity index (χ1n) is 8.96. The number of fused-ring (bicyclic) bond motifs is 1. The largest absolute Gasteiger partial charge is 0.353 e. The molecule has 0 saturated carbocycles. The Morgan fingerprint density at radius 1 is 1.15 bits per heavy atom. The average Bonchev–Trinajstić information content (AvgIpc) is 3.34. The third-order valence-electron chi connectivity index (χ3n) is 5.13. The SMILES string of the molecule is Cn1cccc1[C@@H](CNC(=O)c1cccs1)N1CCc2ccccc2C1. The summed E-state index contributed by atoms with van der Waals surface area (Å²) in [7, 11) is 2.07. The number of hydrogen-bond acceptors (Lipinski definition) is 3. The molecule has 5 heteroatoms. The van der Waals surface area contributed by atoms with Crippen molar-refractivity contribution in [2.24, 2.45) is 7.05 Å². The van der Waals surface area contributed by atoms with Crippen LogP contribution in [0.1, 0.15) is 32.5 Å². The Morgan fingerprint density at radius 2 is 2.00 bits per heavy atom. The summed E-state index contributed by atoms with van der Waals surface area (Å²) in [5.74, 6) is 0.0108. The van der Waals surface area contributed by atoms with Crippen molar-refractivity contribution in [3.8, 4) is 0 Å². The summed E-state index contributed by atoms with van der Waals surface area (Å²) in [6.45, 7) is 2.53. The van der Waals surface area contributed by atoms with Crippen molar-refractivity contribution in [1.82, 2.24) is 14.8 Å². The van der Waals surface area contributed by atoms with Gasteiger partial charge in [-0.3, -0.25) is 9.69 Å². The number of nitrogens with one attached hydrogen (secondary N) is 1. The fraction of sp³-hybridized carbons (Fsp3) is 0.286. The maximum atomic E-state index is 12.4. The van der Waals surface area contributed by atoms with Crippen LogP contribution in [0.5, 0.6) is 0 Å². The van der Waals surface area contributed by atoms with Gasteiger partial charge in [0.05, 0.1) is 10.9 Å². The van der Waals surface area contributed by atoms with E-state index in [1.165, 1.54) is 28.2 Å². The predicted octanol–water partition coefficient (Wildman–Crippen LogP) is 3.62. The van der Waals surface area contributed by atoms with Gasteiger partial charge in [-0.1, -0.05) is 30.3 Å². The predicted molar refractivity (Wildman–Crippen MR) is 105 cm³/mol. The molecule has 0 saturated heterocycles. The molecule has 26 heavy (non-hydrogen) atoms. The van der Waals surface area contributed by atoms with Gasteiger partial charge in [0.1, 0.15) is 0 Å². The van der Waals surface area contributed by atoms with Crippen LogP contribution in [0.2, 0.25) is 0 Å². The highest BCUT2D eigenvalue weighted by atomic mass is 32.1. The second-order valence-corrected chi connectivity index (χ2v) is 7.68. The molecule has 1 N–H and O–H groups in total. The summed E-state index contributed by atoms with van der Waals surface area (Å²) < 4.78 is 2.16. The number of aromatic nitrogens is 1. The maximum absolute atomic E-state index is 12.4. The molecule has 0 fully saturated rings. The summed E-state index contributed by atoms with van der Waals surface area (Å²) in [6.07, 6.45) is 3.12. The van der Waals surface area contributed by atoms with E-state index in [9.17, 15) is 4.79 Å². The molecule has 0 radical (unpaired) electrons. The monoisotopic (exact) mass is 365 g/mol. The Kier molecular flexibility index (Phi) is 4.91. The lowest BCUT2D eigenvalue weighted by molar-refractivity contribution is 0.0929. The van der Waals surface area contributed by atoms with Gasteiger partial charge in [0.25, 0.3) is 5.91 Å². The third-order valence-corrected chi connectivity index (χ3v) is 6.00. The Hall–Kier alpha value is -2.37. The van der Waals surface area contributed by atoms with Crippen molar-refractivity contribution >= 4 is 17.2 Å². The molecule has 4 rings (SSSR count). The molecule has 0 bridgehead atoms. The molecule has 0 unspecified atom stereocenters. The first-order valence-corrected chi connectivity index (χ1v) is 9.84. The third kappa shape index (κ3) is 3.45. The van der Waals surface area contributed by atoms with Crippen LogP contribution in [0.4, 0.5) is 0 Å². The van der Waals surface area contributed by atoms with Crippen LogP contribution in [-0.2, 0) is 20.0 Å². The van der Waals surface area contributed by atoms with Gasteiger partial charge in [0, 0.05) is 38.6 Å². The lowest BCUT2D eigenvalue weighted by Gasteiger charge is -2.36. The minimum absolute atomic E-state index is 0.0108. The average molecular weight is 366 g/mol. The smallest absolute Gasteiger partial charge is 0.261 e. The minimum Gasteiger partial charge on any atom is -0.353 e. The zero-order valence-corrected chi connectivity index (χ0v) is 15.7. The molecule has 0 aliphatic carbocycles. The highest BCUT2D eigenvalue weighted by Gasteiger charge is 2.26. The van der Waals surface area contributed by atoms with E-state index in [-0.39, 0.29) is 11.9 Å². The summed E-state index contributed by atoms with van der Waals surface area (Å²) in [6, 6.07) is 16.8. The first kappa shape index (κ1) is 17.1. The van der Waals surface area contributed by atoms with Crippen LogP contribution in [0.3, 0.4) is 0 Å². The number of nitrogens with zero attached hydrogens (tertiary/aromatic N) is 2. The van der Waals surface area contributed by atoms with E-state index in [4.69, 9.17) is 0 Å². The van der Waals surface area contributed by atoms with E-state index >= 15 is 0 Å². The van der Waals surface area contributed by atoms with Gasteiger partial charge in [-0.2, -0.15) is 0 Å². The van der Waals surface area contributed by atoms with Gasteiger partial charge < -0.3 is 9.88 Å². The quantitative estimate of drug-likeness (QED) is 0.750. The molecule has 3 heterocycles. The van der Waals surface area contributed by atoms with Gasteiger partial charge in [-0.15, -0.1) is 11.3 Å². The topological polar surface area (TPSA) is 37.3 Å². The van der Waals surface area contributed by atoms with Crippen molar-refractivity contribution in [2.45, 2.75) is 19.0 Å². The number of benzene rings is 1. The molecule has 1 aliphatic heterocycles. The number of hydrogen-bond donors (Lipinski definition) is 1. The van der Waals surface area contributed by atoms with Gasteiger partial charge in [-0.05, 0) is 41.1 Å². The fourth-order valence-corrected chi connectivity index (χ4v) is 4.35. The standard InChI is InChI=1S/C21H23N3OS/c1-23-11-4-8-18(23)19(14-22-21(25)20-9-5-13-26-20)24-12-10-16-6-2-3-7-17(16)15-24/h2-9,11,13,19H,10,12,14-15H2,1H3,(H,22,25)/t19-/m1/s1. The zero-order chi connectivity index (χ0) is 17.9. The minimum atomic E-state index is 0.0108. The molecular weight excluding hydrogens is 342 g/mol. The molecule has 4 nitrogen and oxygen atoms in total. The molecule has 3 aromatic rings. The van der Waals surface area contributed by atoms with Gasteiger partial charge >= 0.3 is 0 Å². The van der Waals surface area contributed by atoms with E-state index < -0.39 is 0 Å². The van der Waals surface area contributed by atoms with Crippen molar-refractivity contribution < 1.29 is 4.79 Å². The van der Waals surface area contributed by atoms with Crippen LogP contribution in [0.25, 0.3) is 0 Å². The normalized spacial score (nSPS) is 15.4. The van der Waals surface area contributed by atoms with E-state index in [0.717, 1.165) is 24.4 Å². The highest BCUT2D eigenvalue weighted by molar-refractivity contribution is 7.12. The van der Waals surface area contributed by atoms with Gasteiger partial charge in [0.15, 0.2) is 0 Å². The number of amides is 1. The molecule has 134 valence electrons. The molecule has 2 aromatic heterocycles. The zero-order valence-electron chi connectivity index (χ0n) is 14.9. The van der Waals surface area contributed by atoms with E-state index in [1.807, 2.05) is 17.5 Å². The van der Waals surface area contributed by atoms with E-state index in [2.05, 4.69) is 64.4 Å². The van der Waals surface area contributed by atoms with Crippen LogP contribution in [-0.4, -0.2) is 28.5 Å². The number of carbonyl (C=O) groups excluding carboxylic acids is 1. The number of aryl methyl sites for hydroxylation is 1. The van der Waals surface area contributed by atoms with Crippen molar-refractivity contribution in [2.75, 3.05) is 13.1 Å². The second-order valence-electron chi connectivity index (χ2n) is 6.74. The fourth-order valence-electron chi connectivity index (χ4n) is 3.71. The van der Waals surface area contributed by atoms with Gasteiger partial charge in [-0.25, -0.2) is 0 Å². The molecule has 1 amide bonds. The van der Waals surface area contributed by atoms with Crippen LogP contribution < -0.4 is 5.32 Å². The lowest BCUT2D eigenvalue weighted by atomic mass is 9.98. The Bertz CT molecular complexity index is 884. The Morgan fingerprint density at radius 3 is 2.73 bits per heavy atom. The number of rotatable bonds is 5. The Labute approximate surface area is 158 Å². The van der Waals surface area contributed by atoms with E-state index in [0.29, 0.717) is 6.54 Å². The summed E-state index contributed by atoms with van der Waals surface area (Å²) in [4.78, 5) is 15.7. The Balaban J connectivity index is 1.54. The lowest BCUT2D eigenvalue weighted by Crippen LogP contribution is -2.41.